The van der Waals surface area contributed by atoms with E-state index in [0.29, 0.717) is 17.9 Å². The first kappa shape index (κ1) is 12.3. The Kier molecular flexibility index (Phi) is 2.85. The van der Waals surface area contributed by atoms with Crippen molar-refractivity contribution in [1.82, 2.24) is 0 Å². The number of anilines is 2. The highest BCUT2D eigenvalue weighted by atomic mass is 32.2. The molecule has 2 heterocycles. The normalized spacial score (nSPS) is 24.2. The fourth-order valence-corrected chi connectivity index (χ4v) is 3.99. The van der Waals surface area contributed by atoms with Gasteiger partial charge in [-0.15, -0.1) is 0 Å². The molecule has 1 fully saturated rings. The molecule has 0 aromatic heterocycles. The van der Waals surface area contributed by atoms with Gasteiger partial charge in [0.05, 0.1) is 17.2 Å². The van der Waals surface area contributed by atoms with Crippen LogP contribution in [0.25, 0.3) is 0 Å². The molecule has 0 bridgehead atoms. The standard InChI is InChI=1S/C12H14N2O4S/c15-12-6-18-11-2-1-8(5-10(11)14-12)13-9-3-4-19(16,17)7-9/h1-2,5,9,13H,3-4,6-7H2,(H,14,15). The molecule has 0 aliphatic carbocycles. The van der Waals surface area contributed by atoms with Gasteiger partial charge in [0.2, 0.25) is 0 Å². The predicted molar refractivity (Wildman–Crippen MR) is 71.2 cm³/mol. The van der Waals surface area contributed by atoms with Gasteiger partial charge < -0.3 is 15.4 Å². The lowest BCUT2D eigenvalue weighted by Gasteiger charge is -2.20. The third-order valence-electron chi connectivity index (χ3n) is 3.22. The summed E-state index contributed by atoms with van der Waals surface area (Å²) in [5.41, 5.74) is 1.40. The second-order valence-electron chi connectivity index (χ2n) is 4.79. The summed E-state index contributed by atoms with van der Waals surface area (Å²) in [6.45, 7) is 0.0284. The Morgan fingerprint density at radius 1 is 1.37 bits per heavy atom. The van der Waals surface area contributed by atoms with E-state index in [1.165, 1.54) is 0 Å². The summed E-state index contributed by atoms with van der Waals surface area (Å²) < 4.78 is 28.0. The summed E-state index contributed by atoms with van der Waals surface area (Å²) in [6.07, 6.45) is 0.613. The van der Waals surface area contributed by atoms with Gasteiger partial charge in [-0.1, -0.05) is 0 Å². The number of hydrogen-bond acceptors (Lipinski definition) is 5. The maximum Gasteiger partial charge on any atom is 0.262 e. The summed E-state index contributed by atoms with van der Waals surface area (Å²) in [7, 11) is -2.90. The van der Waals surface area contributed by atoms with Crippen molar-refractivity contribution in [2.24, 2.45) is 0 Å². The number of carbonyl (C=O) groups excluding carboxylic acids is 1. The van der Waals surface area contributed by atoms with Crippen molar-refractivity contribution in [1.29, 1.82) is 0 Å². The van der Waals surface area contributed by atoms with Crippen LogP contribution >= 0.6 is 0 Å². The average Bonchev–Trinajstić information content (AvgIpc) is 2.68. The van der Waals surface area contributed by atoms with Crippen LogP contribution in [0.3, 0.4) is 0 Å². The fourth-order valence-electron chi connectivity index (χ4n) is 2.32. The van der Waals surface area contributed by atoms with Crippen LogP contribution in [0.1, 0.15) is 6.42 Å². The van der Waals surface area contributed by atoms with Gasteiger partial charge in [-0.3, -0.25) is 4.79 Å². The Bertz CT molecular complexity index is 627. The molecule has 102 valence electrons. The molecule has 1 unspecified atom stereocenters. The number of amides is 1. The zero-order valence-electron chi connectivity index (χ0n) is 10.2. The lowest BCUT2D eigenvalue weighted by molar-refractivity contribution is -0.118. The number of fused-ring (bicyclic) bond motifs is 1. The second-order valence-corrected chi connectivity index (χ2v) is 7.02. The Labute approximate surface area is 111 Å². The van der Waals surface area contributed by atoms with E-state index >= 15 is 0 Å². The van der Waals surface area contributed by atoms with Crippen LogP contribution in [-0.2, 0) is 14.6 Å². The third-order valence-corrected chi connectivity index (χ3v) is 4.98. The quantitative estimate of drug-likeness (QED) is 0.830. The molecule has 2 aliphatic rings. The SMILES string of the molecule is O=C1COc2ccc(NC3CCS(=O)(=O)C3)cc2N1. The highest BCUT2D eigenvalue weighted by Crippen LogP contribution is 2.31. The van der Waals surface area contributed by atoms with Gasteiger partial charge in [0, 0.05) is 11.7 Å². The largest absolute Gasteiger partial charge is 0.482 e. The second kappa shape index (κ2) is 4.41. The molecular weight excluding hydrogens is 268 g/mol. The van der Waals surface area contributed by atoms with Crippen LogP contribution in [0.15, 0.2) is 18.2 Å². The Morgan fingerprint density at radius 3 is 2.95 bits per heavy atom. The minimum absolute atomic E-state index is 0.0284. The Balaban J connectivity index is 1.76. The minimum atomic E-state index is -2.90. The molecule has 19 heavy (non-hydrogen) atoms. The molecule has 1 saturated heterocycles. The van der Waals surface area contributed by atoms with Gasteiger partial charge in [0.1, 0.15) is 5.75 Å². The number of rotatable bonds is 2. The smallest absolute Gasteiger partial charge is 0.262 e. The monoisotopic (exact) mass is 282 g/mol. The van der Waals surface area contributed by atoms with Crippen molar-refractivity contribution in [2.45, 2.75) is 12.5 Å². The fraction of sp³-hybridized carbons (Fsp3) is 0.417. The van der Waals surface area contributed by atoms with E-state index in [9.17, 15) is 13.2 Å². The van der Waals surface area contributed by atoms with E-state index in [1.54, 1.807) is 12.1 Å². The van der Waals surface area contributed by atoms with E-state index in [0.717, 1.165) is 5.69 Å². The van der Waals surface area contributed by atoms with Gasteiger partial charge in [-0.25, -0.2) is 8.42 Å². The first-order chi connectivity index (χ1) is 9.02. The number of sulfone groups is 1. The molecule has 0 spiro atoms. The summed E-state index contributed by atoms with van der Waals surface area (Å²) in [4.78, 5) is 11.2. The van der Waals surface area contributed by atoms with Crippen molar-refractivity contribution in [3.05, 3.63) is 18.2 Å². The lowest BCUT2D eigenvalue weighted by Crippen LogP contribution is -2.26. The van der Waals surface area contributed by atoms with Crippen molar-refractivity contribution < 1.29 is 17.9 Å². The molecule has 2 N–H and O–H groups in total. The van der Waals surface area contributed by atoms with Crippen LogP contribution in [0.5, 0.6) is 5.75 Å². The Morgan fingerprint density at radius 2 is 2.21 bits per heavy atom. The summed E-state index contributed by atoms with van der Waals surface area (Å²) in [5, 5.41) is 5.89. The van der Waals surface area contributed by atoms with Crippen LogP contribution in [0, 0.1) is 0 Å². The average molecular weight is 282 g/mol. The molecule has 1 aromatic rings. The molecule has 3 rings (SSSR count). The maximum absolute atomic E-state index is 11.4. The molecular formula is C12H14N2O4S. The molecule has 0 saturated carbocycles. The topological polar surface area (TPSA) is 84.5 Å². The number of ether oxygens (including phenoxy) is 1. The summed E-state index contributed by atoms with van der Waals surface area (Å²) in [6, 6.07) is 5.28. The highest BCUT2D eigenvalue weighted by Gasteiger charge is 2.28. The van der Waals surface area contributed by atoms with Crippen molar-refractivity contribution >= 4 is 27.1 Å². The van der Waals surface area contributed by atoms with Gasteiger partial charge in [-0.05, 0) is 24.6 Å². The predicted octanol–water partition coefficient (Wildman–Crippen LogP) is 0.616. The Hall–Kier alpha value is -1.76. The number of nitrogens with one attached hydrogen (secondary N) is 2. The van der Waals surface area contributed by atoms with Crippen molar-refractivity contribution in [2.75, 3.05) is 28.7 Å². The van der Waals surface area contributed by atoms with Crippen LogP contribution in [0.2, 0.25) is 0 Å². The lowest BCUT2D eigenvalue weighted by atomic mass is 10.2. The zero-order valence-corrected chi connectivity index (χ0v) is 11.0. The molecule has 6 nitrogen and oxygen atoms in total. The third kappa shape index (κ3) is 2.65. The number of carbonyl (C=O) groups is 1. The van der Waals surface area contributed by atoms with Crippen LogP contribution in [0.4, 0.5) is 11.4 Å². The number of hydrogen-bond donors (Lipinski definition) is 2. The molecule has 7 heteroatoms. The summed E-state index contributed by atoms with van der Waals surface area (Å²) in [5.74, 6) is 0.833. The first-order valence-corrected chi connectivity index (χ1v) is 7.88. The molecule has 2 aliphatic heterocycles. The van der Waals surface area contributed by atoms with Gasteiger partial charge in [-0.2, -0.15) is 0 Å². The highest BCUT2D eigenvalue weighted by molar-refractivity contribution is 7.91. The maximum atomic E-state index is 11.4. The van der Waals surface area contributed by atoms with Crippen molar-refractivity contribution in [3.63, 3.8) is 0 Å². The van der Waals surface area contributed by atoms with Gasteiger partial charge in [0.25, 0.3) is 5.91 Å². The molecule has 1 aromatic carbocycles. The summed E-state index contributed by atoms with van der Waals surface area (Å²) >= 11 is 0. The van der Waals surface area contributed by atoms with Gasteiger partial charge in [0.15, 0.2) is 16.4 Å². The van der Waals surface area contributed by atoms with E-state index in [2.05, 4.69) is 10.6 Å². The number of benzene rings is 1. The first-order valence-electron chi connectivity index (χ1n) is 6.05. The van der Waals surface area contributed by atoms with Gasteiger partial charge >= 0.3 is 0 Å². The van der Waals surface area contributed by atoms with E-state index in [4.69, 9.17) is 4.74 Å². The van der Waals surface area contributed by atoms with Crippen LogP contribution < -0.4 is 15.4 Å². The molecule has 0 radical (unpaired) electrons. The zero-order chi connectivity index (χ0) is 13.5. The molecule has 1 atom stereocenters. The minimum Gasteiger partial charge on any atom is -0.482 e. The van der Waals surface area contributed by atoms with E-state index in [1.807, 2.05) is 6.07 Å². The van der Waals surface area contributed by atoms with E-state index < -0.39 is 9.84 Å². The van der Waals surface area contributed by atoms with Crippen LogP contribution in [-0.4, -0.2) is 38.5 Å². The van der Waals surface area contributed by atoms with E-state index in [-0.39, 0.29) is 30.1 Å². The molecule has 1 amide bonds. The van der Waals surface area contributed by atoms with Crippen molar-refractivity contribution in [3.8, 4) is 5.75 Å².